The molecule has 2 aromatic carbocycles. The highest BCUT2D eigenvalue weighted by Crippen LogP contribution is 2.40. The minimum absolute atomic E-state index is 0.668. The van der Waals surface area contributed by atoms with E-state index < -0.39 is 0 Å². The molecule has 5 heteroatoms. The Morgan fingerprint density at radius 2 is 1.61 bits per heavy atom. The molecule has 0 aliphatic rings. The Kier molecular flexibility index (Phi) is 3.30. The van der Waals surface area contributed by atoms with E-state index in [0.29, 0.717) is 5.95 Å². The molecule has 0 N–H and O–H groups in total. The monoisotopic (exact) mass is 378 g/mol. The van der Waals surface area contributed by atoms with Gasteiger partial charge in [0.2, 0.25) is 5.95 Å². The maximum Gasteiger partial charge on any atom is 0.235 e. The van der Waals surface area contributed by atoms with Gasteiger partial charge in [-0.2, -0.15) is 0 Å². The molecule has 0 saturated heterocycles. The van der Waals surface area contributed by atoms with Gasteiger partial charge in [-0.1, -0.05) is 48.5 Å². The number of nitrogens with zero attached hydrogens (tertiary/aromatic N) is 4. The average Bonchev–Trinajstić information content (AvgIpc) is 3.29. The van der Waals surface area contributed by atoms with Crippen molar-refractivity contribution in [2.45, 2.75) is 0 Å². The third-order valence-electron chi connectivity index (χ3n) is 4.96. The predicted molar refractivity (Wildman–Crippen MR) is 115 cm³/mol. The second-order valence-corrected chi connectivity index (χ2v) is 7.62. The lowest BCUT2D eigenvalue weighted by molar-refractivity contribution is 0.996. The van der Waals surface area contributed by atoms with Crippen LogP contribution in [0.3, 0.4) is 0 Å². The van der Waals surface area contributed by atoms with Crippen LogP contribution in [0.4, 0.5) is 0 Å². The second kappa shape index (κ2) is 5.97. The lowest BCUT2D eigenvalue weighted by atomic mass is 10.1. The standard InChI is InChI=1S/C23H14N4S/c1-2-7-15(8-3-1)17-12-14-25-23(26-17)27-18-10-6-13-24-21(18)20-16-9-4-5-11-19(16)28-22(20)27/h1-14H. The van der Waals surface area contributed by atoms with Gasteiger partial charge >= 0.3 is 0 Å². The van der Waals surface area contributed by atoms with Crippen LogP contribution in [-0.2, 0) is 0 Å². The number of benzene rings is 2. The summed E-state index contributed by atoms with van der Waals surface area (Å²) in [6.45, 7) is 0. The summed E-state index contributed by atoms with van der Waals surface area (Å²) < 4.78 is 3.38. The van der Waals surface area contributed by atoms with E-state index in [4.69, 9.17) is 4.98 Å². The molecule has 0 fully saturated rings. The van der Waals surface area contributed by atoms with Crippen molar-refractivity contribution in [3.05, 3.63) is 85.2 Å². The lowest BCUT2D eigenvalue weighted by Crippen LogP contribution is -2.01. The van der Waals surface area contributed by atoms with Crippen LogP contribution in [0.25, 0.3) is 48.5 Å². The highest BCUT2D eigenvalue weighted by atomic mass is 32.1. The summed E-state index contributed by atoms with van der Waals surface area (Å²) in [5, 5.41) is 2.40. The van der Waals surface area contributed by atoms with Gasteiger partial charge in [-0.05, 0) is 24.3 Å². The van der Waals surface area contributed by atoms with Crippen molar-refractivity contribution in [3.63, 3.8) is 0 Å². The summed E-state index contributed by atoms with van der Waals surface area (Å²) >= 11 is 1.75. The van der Waals surface area contributed by atoms with Gasteiger partial charge in [-0.25, -0.2) is 9.97 Å². The molecule has 0 radical (unpaired) electrons. The predicted octanol–water partition coefficient (Wildman–Crippen LogP) is 5.85. The first-order valence-corrected chi connectivity index (χ1v) is 9.87. The Morgan fingerprint density at radius 3 is 2.54 bits per heavy atom. The molecule has 6 aromatic rings. The largest absolute Gasteiger partial charge is 0.267 e. The molecule has 28 heavy (non-hydrogen) atoms. The van der Waals surface area contributed by atoms with Gasteiger partial charge in [-0.15, -0.1) is 11.3 Å². The van der Waals surface area contributed by atoms with Gasteiger partial charge in [0, 0.05) is 33.4 Å². The summed E-state index contributed by atoms with van der Waals surface area (Å²) in [6, 6.07) is 24.7. The van der Waals surface area contributed by atoms with Crippen molar-refractivity contribution in [2.24, 2.45) is 0 Å². The van der Waals surface area contributed by atoms with Crippen molar-refractivity contribution >= 4 is 42.7 Å². The van der Waals surface area contributed by atoms with Crippen LogP contribution in [0.15, 0.2) is 85.2 Å². The minimum Gasteiger partial charge on any atom is -0.267 e. The van der Waals surface area contributed by atoms with Crippen molar-refractivity contribution in [1.29, 1.82) is 0 Å². The smallest absolute Gasteiger partial charge is 0.235 e. The molecule has 4 aromatic heterocycles. The molecule has 0 unspecified atom stereocenters. The average molecular weight is 378 g/mol. The molecule has 0 bridgehead atoms. The van der Waals surface area contributed by atoms with Crippen LogP contribution in [0.2, 0.25) is 0 Å². The van der Waals surface area contributed by atoms with E-state index in [1.54, 1.807) is 11.3 Å². The fourth-order valence-corrected chi connectivity index (χ4v) is 4.94. The van der Waals surface area contributed by atoms with Crippen LogP contribution < -0.4 is 0 Å². The number of rotatable bonds is 2. The summed E-state index contributed by atoms with van der Waals surface area (Å²) in [5.41, 5.74) is 4.00. The molecule has 4 nitrogen and oxygen atoms in total. The Bertz CT molecular complexity index is 1460. The fraction of sp³-hybridized carbons (Fsp3) is 0. The van der Waals surface area contributed by atoms with Crippen molar-refractivity contribution in [2.75, 3.05) is 0 Å². The molecule has 0 saturated carbocycles. The Balaban J connectivity index is 1.70. The van der Waals surface area contributed by atoms with E-state index in [-0.39, 0.29) is 0 Å². The molecular formula is C23H14N4S. The molecular weight excluding hydrogens is 364 g/mol. The molecule has 132 valence electrons. The van der Waals surface area contributed by atoms with E-state index in [1.807, 2.05) is 42.7 Å². The SMILES string of the molecule is c1ccc(-c2ccnc(-n3c4cccnc4c4c5ccccc5sc43)n2)cc1. The Labute approximate surface area is 164 Å². The number of aromatic nitrogens is 4. The van der Waals surface area contributed by atoms with Gasteiger partial charge in [0.1, 0.15) is 4.83 Å². The van der Waals surface area contributed by atoms with Crippen LogP contribution in [0.5, 0.6) is 0 Å². The van der Waals surface area contributed by atoms with Crippen LogP contribution >= 0.6 is 11.3 Å². The van der Waals surface area contributed by atoms with E-state index in [9.17, 15) is 0 Å². The van der Waals surface area contributed by atoms with Gasteiger partial charge in [0.15, 0.2) is 0 Å². The van der Waals surface area contributed by atoms with Gasteiger partial charge < -0.3 is 0 Å². The number of fused-ring (bicyclic) bond motifs is 5. The highest BCUT2D eigenvalue weighted by molar-refractivity contribution is 7.25. The molecule has 0 atom stereocenters. The first-order valence-electron chi connectivity index (χ1n) is 9.06. The fourth-order valence-electron chi connectivity index (χ4n) is 3.72. The third kappa shape index (κ3) is 2.20. The molecule has 0 aliphatic carbocycles. The van der Waals surface area contributed by atoms with Crippen LogP contribution in [0.1, 0.15) is 0 Å². The molecule has 4 heterocycles. The van der Waals surface area contributed by atoms with E-state index >= 15 is 0 Å². The van der Waals surface area contributed by atoms with Gasteiger partial charge in [-0.3, -0.25) is 9.55 Å². The number of hydrogen-bond donors (Lipinski definition) is 0. The minimum atomic E-state index is 0.668. The zero-order valence-electron chi connectivity index (χ0n) is 14.8. The van der Waals surface area contributed by atoms with Gasteiger partial charge in [0.25, 0.3) is 0 Å². The normalized spacial score (nSPS) is 11.6. The molecule has 0 amide bonds. The van der Waals surface area contributed by atoms with E-state index in [0.717, 1.165) is 27.1 Å². The van der Waals surface area contributed by atoms with Crippen molar-refractivity contribution < 1.29 is 0 Å². The first-order chi connectivity index (χ1) is 13.9. The lowest BCUT2D eigenvalue weighted by Gasteiger charge is -2.06. The zero-order chi connectivity index (χ0) is 18.5. The summed E-state index contributed by atoms with van der Waals surface area (Å²) in [4.78, 5) is 15.3. The molecule has 0 spiro atoms. The highest BCUT2D eigenvalue weighted by Gasteiger charge is 2.19. The molecule has 0 aliphatic heterocycles. The zero-order valence-corrected chi connectivity index (χ0v) is 15.6. The maximum absolute atomic E-state index is 4.89. The third-order valence-corrected chi connectivity index (χ3v) is 6.11. The van der Waals surface area contributed by atoms with E-state index in [2.05, 4.69) is 57.0 Å². The number of thiophene rings is 1. The quantitative estimate of drug-likeness (QED) is 0.379. The number of pyridine rings is 1. The van der Waals surface area contributed by atoms with Crippen LogP contribution in [0, 0.1) is 0 Å². The summed E-state index contributed by atoms with van der Waals surface area (Å²) in [6.07, 6.45) is 3.67. The summed E-state index contributed by atoms with van der Waals surface area (Å²) in [5.74, 6) is 0.668. The van der Waals surface area contributed by atoms with Crippen molar-refractivity contribution in [3.8, 4) is 17.2 Å². The molecule has 6 rings (SSSR count). The summed E-state index contributed by atoms with van der Waals surface area (Å²) in [7, 11) is 0. The van der Waals surface area contributed by atoms with E-state index in [1.165, 1.54) is 15.5 Å². The van der Waals surface area contributed by atoms with Crippen molar-refractivity contribution in [1.82, 2.24) is 19.5 Å². The Hall–Kier alpha value is -3.57. The maximum atomic E-state index is 4.89. The topological polar surface area (TPSA) is 43.6 Å². The van der Waals surface area contributed by atoms with Crippen LogP contribution in [-0.4, -0.2) is 19.5 Å². The first kappa shape index (κ1) is 15.5. The number of hydrogen-bond acceptors (Lipinski definition) is 4. The Morgan fingerprint density at radius 1 is 0.750 bits per heavy atom. The second-order valence-electron chi connectivity index (χ2n) is 6.59. The van der Waals surface area contributed by atoms with Gasteiger partial charge in [0.05, 0.1) is 16.7 Å².